The lowest BCUT2D eigenvalue weighted by molar-refractivity contribution is 0.324. The number of hydrogen-bond donors (Lipinski definition) is 1. The standard InChI is InChI=1S/C17H29NO3/c1-7-12(3)9-13(8-2)18-14-10-15(19-4)17(21-6)16(11-14)20-5/h10-13,18H,7-9H2,1-6H3. The first kappa shape index (κ1) is 17.5. The van der Waals surface area contributed by atoms with Crippen LogP contribution < -0.4 is 19.5 Å². The van der Waals surface area contributed by atoms with Crippen LogP contribution in [-0.2, 0) is 0 Å². The van der Waals surface area contributed by atoms with Crippen LogP contribution in [0.5, 0.6) is 17.2 Å². The Labute approximate surface area is 128 Å². The van der Waals surface area contributed by atoms with Crippen molar-refractivity contribution < 1.29 is 14.2 Å². The molecule has 1 rings (SSSR count). The van der Waals surface area contributed by atoms with Gasteiger partial charge in [-0.2, -0.15) is 0 Å². The van der Waals surface area contributed by atoms with Crippen molar-refractivity contribution in [3.05, 3.63) is 12.1 Å². The number of methoxy groups -OCH3 is 3. The molecule has 2 atom stereocenters. The van der Waals surface area contributed by atoms with Crippen molar-refractivity contribution in [2.45, 2.75) is 46.1 Å². The highest BCUT2D eigenvalue weighted by Gasteiger charge is 2.16. The maximum Gasteiger partial charge on any atom is 0.203 e. The Morgan fingerprint density at radius 2 is 1.52 bits per heavy atom. The average molecular weight is 295 g/mol. The summed E-state index contributed by atoms with van der Waals surface area (Å²) in [6.45, 7) is 6.73. The van der Waals surface area contributed by atoms with Gasteiger partial charge in [-0.15, -0.1) is 0 Å². The molecule has 0 aliphatic heterocycles. The molecular formula is C17H29NO3. The fraction of sp³-hybridized carbons (Fsp3) is 0.647. The first-order chi connectivity index (χ1) is 10.1. The highest BCUT2D eigenvalue weighted by molar-refractivity contribution is 5.62. The molecular weight excluding hydrogens is 266 g/mol. The molecule has 0 saturated carbocycles. The Morgan fingerprint density at radius 3 is 1.90 bits per heavy atom. The summed E-state index contributed by atoms with van der Waals surface area (Å²) in [4.78, 5) is 0. The van der Waals surface area contributed by atoms with E-state index in [1.165, 1.54) is 6.42 Å². The smallest absolute Gasteiger partial charge is 0.203 e. The Morgan fingerprint density at radius 1 is 0.952 bits per heavy atom. The average Bonchev–Trinajstić information content (AvgIpc) is 2.52. The van der Waals surface area contributed by atoms with Gasteiger partial charge in [0, 0.05) is 23.9 Å². The second-order valence-electron chi connectivity index (χ2n) is 5.41. The molecule has 0 radical (unpaired) electrons. The van der Waals surface area contributed by atoms with Crippen molar-refractivity contribution in [1.82, 2.24) is 0 Å². The molecule has 1 aromatic carbocycles. The van der Waals surface area contributed by atoms with Gasteiger partial charge in [-0.1, -0.05) is 27.2 Å². The third-order valence-electron chi connectivity index (χ3n) is 3.91. The molecule has 0 saturated heterocycles. The zero-order chi connectivity index (χ0) is 15.8. The van der Waals surface area contributed by atoms with E-state index in [0.29, 0.717) is 29.2 Å². The lowest BCUT2D eigenvalue weighted by Gasteiger charge is -2.23. The van der Waals surface area contributed by atoms with Gasteiger partial charge in [0.1, 0.15) is 0 Å². The molecule has 0 heterocycles. The predicted molar refractivity (Wildman–Crippen MR) is 87.9 cm³/mol. The molecule has 1 N–H and O–H groups in total. The Hall–Kier alpha value is -1.58. The van der Waals surface area contributed by atoms with Crippen LogP contribution in [0.25, 0.3) is 0 Å². The lowest BCUT2D eigenvalue weighted by atomic mass is 9.97. The molecule has 1 aromatic rings. The molecule has 0 aliphatic carbocycles. The number of ether oxygens (including phenoxy) is 3. The summed E-state index contributed by atoms with van der Waals surface area (Å²) >= 11 is 0. The predicted octanol–water partition coefficient (Wildman–Crippen LogP) is 4.34. The van der Waals surface area contributed by atoms with Crippen molar-refractivity contribution in [2.24, 2.45) is 5.92 Å². The Kier molecular flexibility index (Phi) is 7.20. The van der Waals surface area contributed by atoms with Gasteiger partial charge in [0.25, 0.3) is 0 Å². The van der Waals surface area contributed by atoms with E-state index in [2.05, 4.69) is 26.1 Å². The van der Waals surface area contributed by atoms with Crippen molar-refractivity contribution in [2.75, 3.05) is 26.6 Å². The number of nitrogens with one attached hydrogen (secondary N) is 1. The number of benzene rings is 1. The molecule has 0 fully saturated rings. The van der Waals surface area contributed by atoms with E-state index in [0.717, 1.165) is 18.5 Å². The zero-order valence-electron chi connectivity index (χ0n) is 14.2. The molecule has 2 unspecified atom stereocenters. The highest BCUT2D eigenvalue weighted by Crippen LogP contribution is 2.40. The summed E-state index contributed by atoms with van der Waals surface area (Å²) in [5.41, 5.74) is 1.000. The van der Waals surface area contributed by atoms with Gasteiger partial charge in [-0.05, 0) is 18.8 Å². The summed E-state index contributed by atoms with van der Waals surface area (Å²) in [5.74, 6) is 2.69. The summed E-state index contributed by atoms with van der Waals surface area (Å²) in [6.07, 6.45) is 3.44. The number of rotatable bonds is 9. The second kappa shape index (κ2) is 8.65. The minimum Gasteiger partial charge on any atom is -0.493 e. The lowest BCUT2D eigenvalue weighted by Crippen LogP contribution is -2.21. The normalized spacial score (nSPS) is 13.4. The van der Waals surface area contributed by atoms with Crippen LogP contribution in [0.15, 0.2) is 12.1 Å². The third-order valence-corrected chi connectivity index (χ3v) is 3.91. The summed E-state index contributed by atoms with van der Waals surface area (Å²) in [7, 11) is 4.89. The molecule has 0 aliphatic rings. The SMILES string of the molecule is CCC(C)CC(CC)Nc1cc(OC)c(OC)c(OC)c1. The van der Waals surface area contributed by atoms with E-state index in [1.54, 1.807) is 21.3 Å². The van der Waals surface area contributed by atoms with Crippen LogP contribution in [0, 0.1) is 5.92 Å². The van der Waals surface area contributed by atoms with Gasteiger partial charge >= 0.3 is 0 Å². The van der Waals surface area contributed by atoms with E-state index >= 15 is 0 Å². The Bertz CT molecular complexity index is 409. The van der Waals surface area contributed by atoms with Crippen LogP contribution in [0.3, 0.4) is 0 Å². The molecule has 4 heteroatoms. The number of hydrogen-bond acceptors (Lipinski definition) is 4. The number of anilines is 1. The van der Waals surface area contributed by atoms with E-state index in [4.69, 9.17) is 14.2 Å². The van der Waals surface area contributed by atoms with E-state index in [9.17, 15) is 0 Å². The van der Waals surface area contributed by atoms with Gasteiger partial charge in [0.2, 0.25) is 5.75 Å². The maximum atomic E-state index is 5.39. The van der Waals surface area contributed by atoms with Gasteiger partial charge in [0.15, 0.2) is 11.5 Å². The molecule has 0 aromatic heterocycles. The van der Waals surface area contributed by atoms with Crippen LogP contribution in [0.1, 0.15) is 40.0 Å². The van der Waals surface area contributed by atoms with Crippen molar-refractivity contribution in [3.8, 4) is 17.2 Å². The van der Waals surface area contributed by atoms with Gasteiger partial charge in [-0.25, -0.2) is 0 Å². The third kappa shape index (κ3) is 4.73. The van der Waals surface area contributed by atoms with Gasteiger partial charge in [0.05, 0.1) is 21.3 Å². The molecule has 0 amide bonds. The maximum absolute atomic E-state index is 5.39. The van der Waals surface area contributed by atoms with Crippen LogP contribution in [-0.4, -0.2) is 27.4 Å². The molecule has 4 nitrogen and oxygen atoms in total. The minimum absolute atomic E-state index is 0.447. The van der Waals surface area contributed by atoms with E-state index < -0.39 is 0 Å². The molecule has 21 heavy (non-hydrogen) atoms. The van der Waals surface area contributed by atoms with E-state index in [1.807, 2.05) is 12.1 Å². The van der Waals surface area contributed by atoms with Crippen molar-refractivity contribution in [1.29, 1.82) is 0 Å². The quantitative estimate of drug-likeness (QED) is 0.735. The topological polar surface area (TPSA) is 39.7 Å². The first-order valence-corrected chi connectivity index (χ1v) is 7.66. The fourth-order valence-electron chi connectivity index (χ4n) is 2.38. The first-order valence-electron chi connectivity index (χ1n) is 7.66. The van der Waals surface area contributed by atoms with Crippen molar-refractivity contribution in [3.63, 3.8) is 0 Å². The largest absolute Gasteiger partial charge is 0.493 e. The highest BCUT2D eigenvalue weighted by atomic mass is 16.5. The van der Waals surface area contributed by atoms with Crippen molar-refractivity contribution >= 4 is 5.69 Å². The zero-order valence-corrected chi connectivity index (χ0v) is 14.2. The minimum atomic E-state index is 0.447. The summed E-state index contributed by atoms with van der Waals surface area (Å²) in [6, 6.07) is 4.36. The Balaban J connectivity index is 2.96. The molecule has 0 bridgehead atoms. The fourth-order valence-corrected chi connectivity index (χ4v) is 2.38. The summed E-state index contributed by atoms with van der Waals surface area (Å²) in [5, 5.41) is 3.58. The molecule has 120 valence electrons. The van der Waals surface area contributed by atoms with E-state index in [-0.39, 0.29) is 0 Å². The monoisotopic (exact) mass is 295 g/mol. The van der Waals surface area contributed by atoms with Gasteiger partial charge < -0.3 is 19.5 Å². The summed E-state index contributed by atoms with van der Waals surface area (Å²) < 4.78 is 16.1. The molecule has 0 spiro atoms. The van der Waals surface area contributed by atoms with Crippen LogP contribution in [0.4, 0.5) is 5.69 Å². The van der Waals surface area contributed by atoms with Crippen LogP contribution >= 0.6 is 0 Å². The second-order valence-corrected chi connectivity index (χ2v) is 5.41. The van der Waals surface area contributed by atoms with Gasteiger partial charge in [-0.3, -0.25) is 0 Å². The van der Waals surface area contributed by atoms with Crippen LogP contribution in [0.2, 0.25) is 0 Å².